The number of aliphatic imine (C=N–C) groups is 1. The van der Waals surface area contributed by atoms with Gasteiger partial charge in [-0.3, -0.25) is 9.89 Å². The number of morpholine rings is 1. The maximum Gasteiger partial charge on any atom is 0.231 e. The highest BCUT2D eigenvalue weighted by Crippen LogP contribution is 2.34. The average Bonchev–Trinajstić information content (AvgIpc) is 3.11. The van der Waals surface area contributed by atoms with Gasteiger partial charge in [-0.1, -0.05) is 0 Å². The Labute approximate surface area is 171 Å². The highest BCUT2D eigenvalue weighted by atomic mass is 127. The Bertz CT molecular complexity index is 582. The molecule has 26 heavy (non-hydrogen) atoms. The van der Waals surface area contributed by atoms with Gasteiger partial charge in [0, 0.05) is 32.2 Å². The van der Waals surface area contributed by atoms with Crippen molar-refractivity contribution in [3.8, 4) is 17.2 Å². The summed E-state index contributed by atoms with van der Waals surface area (Å²) in [6.45, 7) is 6.78. The monoisotopic (exact) mass is 478 g/mol. The van der Waals surface area contributed by atoms with E-state index in [1.54, 1.807) is 0 Å². The van der Waals surface area contributed by atoms with Crippen molar-refractivity contribution in [2.24, 2.45) is 10.7 Å². The third-order valence-electron chi connectivity index (χ3n) is 4.04. The quantitative estimate of drug-likeness (QED) is 0.250. The molecule has 8 nitrogen and oxygen atoms in total. The van der Waals surface area contributed by atoms with Crippen LogP contribution < -0.4 is 25.3 Å². The maximum absolute atomic E-state index is 5.86. The number of halogens is 1. The lowest BCUT2D eigenvalue weighted by atomic mass is 10.3. The summed E-state index contributed by atoms with van der Waals surface area (Å²) in [5.41, 5.74) is 5.86. The number of benzene rings is 1. The number of ether oxygens (including phenoxy) is 4. The largest absolute Gasteiger partial charge is 0.492 e. The third kappa shape index (κ3) is 6.69. The van der Waals surface area contributed by atoms with E-state index >= 15 is 0 Å². The molecule has 0 amide bonds. The Morgan fingerprint density at radius 1 is 1.23 bits per heavy atom. The second-order valence-corrected chi connectivity index (χ2v) is 5.86. The van der Waals surface area contributed by atoms with E-state index in [-0.39, 0.29) is 30.8 Å². The highest BCUT2D eigenvalue weighted by molar-refractivity contribution is 14.0. The molecule has 2 aliphatic rings. The SMILES string of the molecule is I.NC(=NCCCN1CCOCC1)NCCOc1ccc2c(c1)OCO2. The van der Waals surface area contributed by atoms with Crippen molar-refractivity contribution in [1.82, 2.24) is 10.2 Å². The Morgan fingerprint density at radius 3 is 2.88 bits per heavy atom. The topological polar surface area (TPSA) is 90.6 Å². The summed E-state index contributed by atoms with van der Waals surface area (Å²) in [5.74, 6) is 2.66. The first-order valence-electron chi connectivity index (χ1n) is 8.67. The minimum absolute atomic E-state index is 0. The van der Waals surface area contributed by atoms with E-state index < -0.39 is 0 Å². The molecule has 1 saturated heterocycles. The van der Waals surface area contributed by atoms with Gasteiger partial charge in [0.15, 0.2) is 17.5 Å². The van der Waals surface area contributed by atoms with Gasteiger partial charge in [-0.2, -0.15) is 0 Å². The second kappa shape index (κ2) is 11.3. The fourth-order valence-corrected chi connectivity index (χ4v) is 2.69. The fraction of sp³-hybridized carbons (Fsp3) is 0.588. The Balaban J connectivity index is 0.00000243. The molecule has 1 fully saturated rings. The van der Waals surface area contributed by atoms with Crippen LogP contribution in [0.3, 0.4) is 0 Å². The summed E-state index contributed by atoms with van der Waals surface area (Å²) < 4.78 is 21.6. The first-order valence-corrected chi connectivity index (χ1v) is 8.67. The summed E-state index contributed by atoms with van der Waals surface area (Å²) in [4.78, 5) is 6.72. The van der Waals surface area contributed by atoms with Crippen LogP contribution in [0.25, 0.3) is 0 Å². The zero-order chi connectivity index (χ0) is 17.3. The van der Waals surface area contributed by atoms with Crippen molar-refractivity contribution in [3.63, 3.8) is 0 Å². The van der Waals surface area contributed by atoms with E-state index in [9.17, 15) is 0 Å². The van der Waals surface area contributed by atoms with Crippen LogP contribution in [-0.4, -0.2) is 70.2 Å². The smallest absolute Gasteiger partial charge is 0.231 e. The third-order valence-corrected chi connectivity index (χ3v) is 4.04. The molecule has 0 spiro atoms. The fourth-order valence-electron chi connectivity index (χ4n) is 2.69. The number of nitrogens with zero attached hydrogens (tertiary/aromatic N) is 2. The molecular weight excluding hydrogens is 451 g/mol. The summed E-state index contributed by atoms with van der Waals surface area (Å²) in [5, 5.41) is 3.06. The molecule has 9 heteroatoms. The second-order valence-electron chi connectivity index (χ2n) is 5.86. The average molecular weight is 478 g/mol. The van der Waals surface area contributed by atoms with Crippen LogP contribution in [0.5, 0.6) is 17.2 Å². The van der Waals surface area contributed by atoms with Crippen LogP contribution >= 0.6 is 24.0 Å². The van der Waals surface area contributed by atoms with Crippen molar-refractivity contribution >= 4 is 29.9 Å². The zero-order valence-electron chi connectivity index (χ0n) is 14.8. The van der Waals surface area contributed by atoms with Gasteiger partial charge in [0.1, 0.15) is 12.4 Å². The summed E-state index contributed by atoms with van der Waals surface area (Å²) >= 11 is 0. The van der Waals surface area contributed by atoms with Crippen molar-refractivity contribution in [3.05, 3.63) is 18.2 Å². The standard InChI is InChI=1S/C17H26N4O4.HI/c18-17(19-4-1-6-21-7-10-22-11-8-21)20-5-9-23-14-2-3-15-16(12-14)25-13-24-15;/h2-3,12H,1,4-11,13H2,(H3,18,19,20);1H. The predicted molar refractivity (Wildman–Crippen MR) is 110 cm³/mol. The number of hydrogen-bond acceptors (Lipinski definition) is 6. The molecule has 2 aliphatic heterocycles. The molecule has 146 valence electrons. The summed E-state index contributed by atoms with van der Waals surface area (Å²) in [7, 11) is 0. The normalized spacial score (nSPS) is 16.8. The van der Waals surface area contributed by atoms with Crippen LogP contribution in [0.2, 0.25) is 0 Å². The minimum atomic E-state index is 0. The van der Waals surface area contributed by atoms with E-state index in [1.165, 1.54) is 0 Å². The van der Waals surface area contributed by atoms with Crippen LogP contribution in [0.4, 0.5) is 0 Å². The Kier molecular flexibility index (Phi) is 9.06. The minimum Gasteiger partial charge on any atom is -0.492 e. The molecule has 1 aromatic carbocycles. The van der Waals surface area contributed by atoms with E-state index in [0.717, 1.165) is 57.3 Å². The van der Waals surface area contributed by atoms with Gasteiger partial charge in [-0.25, -0.2) is 0 Å². The van der Waals surface area contributed by atoms with Crippen LogP contribution in [-0.2, 0) is 4.74 Å². The number of nitrogens with one attached hydrogen (secondary N) is 1. The lowest BCUT2D eigenvalue weighted by Gasteiger charge is -2.26. The van der Waals surface area contributed by atoms with Crippen molar-refractivity contribution in [1.29, 1.82) is 0 Å². The number of nitrogens with two attached hydrogens (primary N) is 1. The van der Waals surface area contributed by atoms with Crippen LogP contribution in [0.1, 0.15) is 6.42 Å². The van der Waals surface area contributed by atoms with Gasteiger partial charge < -0.3 is 30.0 Å². The zero-order valence-corrected chi connectivity index (χ0v) is 17.1. The molecule has 0 unspecified atom stereocenters. The van der Waals surface area contributed by atoms with E-state index in [1.807, 2.05) is 18.2 Å². The number of rotatable bonds is 8. The van der Waals surface area contributed by atoms with Gasteiger partial charge in [0.2, 0.25) is 6.79 Å². The van der Waals surface area contributed by atoms with Crippen molar-refractivity contribution in [2.45, 2.75) is 6.42 Å². The number of hydrogen-bond donors (Lipinski definition) is 2. The van der Waals surface area contributed by atoms with E-state index in [2.05, 4.69) is 15.2 Å². The highest BCUT2D eigenvalue weighted by Gasteiger charge is 2.13. The number of guanidine groups is 1. The van der Waals surface area contributed by atoms with Crippen molar-refractivity contribution < 1.29 is 18.9 Å². The molecule has 1 aromatic rings. The van der Waals surface area contributed by atoms with Gasteiger partial charge in [-0.15, -0.1) is 24.0 Å². The van der Waals surface area contributed by atoms with Gasteiger partial charge >= 0.3 is 0 Å². The molecule has 0 atom stereocenters. The first kappa shape index (κ1) is 20.8. The maximum atomic E-state index is 5.86. The lowest BCUT2D eigenvalue weighted by molar-refractivity contribution is 0.0377. The Hall–Kier alpha value is -1.46. The van der Waals surface area contributed by atoms with E-state index in [0.29, 0.717) is 24.9 Å². The van der Waals surface area contributed by atoms with Gasteiger partial charge in [-0.05, 0) is 18.6 Å². The molecule has 3 N–H and O–H groups in total. The summed E-state index contributed by atoms with van der Waals surface area (Å²) in [6, 6.07) is 5.53. The molecule has 0 radical (unpaired) electrons. The molecule has 0 aliphatic carbocycles. The van der Waals surface area contributed by atoms with Crippen molar-refractivity contribution in [2.75, 3.05) is 59.3 Å². The molecular formula is C17H27IN4O4. The molecule has 0 aromatic heterocycles. The number of fused-ring (bicyclic) bond motifs is 1. The summed E-state index contributed by atoms with van der Waals surface area (Å²) in [6.07, 6.45) is 0.996. The molecule has 0 saturated carbocycles. The van der Waals surface area contributed by atoms with Crippen LogP contribution in [0, 0.1) is 0 Å². The molecule has 3 rings (SSSR count). The van der Waals surface area contributed by atoms with Gasteiger partial charge in [0.25, 0.3) is 0 Å². The van der Waals surface area contributed by atoms with E-state index in [4.69, 9.17) is 24.7 Å². The molecule has 2 heterocycles. The predicted octanol–water partition coefficient (Wildman–Crippen LogP) is 1.04. The molecule has 0 bridgehead atoms. The first-order chi connectivity index (χ1) is 12.3. The van der Waals surface area contributed by atoms with Gasteiger partial charge in [0.05, 0.1) is 19.8 Å². The van der Waals surface area contributed by atoms with Crippen LogP contribution in [0.15, 0.2) is 23.2 Å². The Morgan fingerprint density at radius 2 is 2.04 bits per heavy atom. The lowest BCUT2D eigenvalue weighted by Crippen LogP contribution is -2.37.